The van der Waals surface area contributed by atoms with Crippen molar-refractivity contribution in [2.24, 2.45) is 0 Å². The van der Waals surface area contributed by atoms with E-state index in [-0.39, 0.29) is 65.4 Å². The fraction of sp³-hybridized carbons (Fsp3) is 0.367. The molecule has 1 amide bonds. The number of fused-ring (bicyclic) bond motifs is 1. The van der Waals surface area contributed by atoms with Crippen LogP contribution in [-0.4, -0.2) is 58.0 Å². The number of carboxylic acids is 1. The van der Waals surface area contributed by atoms with Crippen LogP contribution in [0.25, 0.3) is 0 Å². The van der Waals surface area contributed by atoms with Gasteiger partial charge in [0, 0.05) is 49.9 Å². The number of carbonyl (C=O) groups is 2. The van der Waals surface area contributed by atoms with Gasteiger partial charge < -0.3 is 19.7 Å². The first-order chi connectivity index (χ1) is 19.9. The minimum absolute atomic E-state index is 0.0287. The van der Waals surface area contributed by atoms with Crippen molar-refractivity contribution in [2.75, 3.05) is 20.3 Å². The van der Waals surface area contributed by atoms with Crippen molar-refractivity contribution in [2.45, 2.75) is 49.7 Å². The van der Waals surface area contributed by atoms with E-state index in [0.717, 1.165) is 11.0 Å². The molecule has 1 fully saturated rings. The molecule has 1 aromatic heterocycles. The van der Waals surface area contributed by atoms with E-state index in [9.17, 15) is 19.8 Å². The molecule has 2 aliphatic rings. The number of nitrogens with zero attached hydrogens (tertiary/aromatic N) is 2. The number of methoxy groups -OCH3 is 1. The first-order valence-electron chi connectivity index (χ1n) is 13.3. The van der Waals surface area contributed by atoms with Crippen molar-refractivity contribution in [3.05, 3.63) is 98.0 Å². The summed E-state index contributed by atoms with van der Waals surface area (Å²) in [5, 5.41) is 22.0. The summed E-state index contributed by atoms with van der Waals surface area (Å²) in [6.45, 7) is 1.34. The second-order valence-electron chi connectivity index (χ2n) is 10.4. The van der Waals surface area contributed by atoms with Crippen LogP contribution in [0, 0.1) is 5.82 Å². The van der Waals surface area contributed by atoms with Crippen LogP contribution in [0.2, 0.25) is 10.0 Å². The van der Waals surface area contributed by atoms with Crippen LogP contribution in [0.1, 0.15) is 69.3 Å². The van der Waals surface area contributed by atoms with Crippen LogP contribution < -0.4 is 0 Å². The van der Waals surface area contributed by atoms with Crippen LogP contribution >= 0.6 is 23.2 Å². The number of hydrogen-bond acceptors (Lipinski definition) is 6. The van der Waals surface area contributed by atoms with E-state index >= 15 is 8.78 Å². The molecule has 12 heteroatoms. The number of aromatic nitrogens is 1. The maximum absolute atomic E-state index is 16.4. The van der Waals surface area contributed by atoms with Crippen LogP contribution in [0.15, 0.2) is 48.7 Å². The number of pyridine rings is 1. The Morgan fingerprint density at radius 3 is 2.43 bits per heavy atom. The molecule has 2 N–H and O–H groups in total. The van der Waals surface area contributed by atoms with Gasteiger partial charge in [0.05, 0.1) is 34.0 Å². The third-order valence-corrected chi connectivity index (χ3v) is 8.77. The Morgan fingerprint density at radius 2 is 1.83 bits per heavy atom. The van der Waals surface area contributed by atoms with E-state index in [1.807, 2.05) is 0 Å². The van der Waals surface area contributed by atoms with Gasteiger partial charge in [-0.15, -0.1) is 0 Å². The van der Waals surface area contributed by atoms with Crippen molar-refractivity contribution >= 4 is 35.1 Å². The molecule has 1 unspecified atom stereocenters. The Hall–Kier alpha value is -3.15. The van der Waals surface area contributed by atoms with Crippen molar-refractivity contribution < 1.29 is 38.1 Å². The Labute approximate surface area is 250 Å². The molecule has 8 nitrogen and oxygen atoms in total. The molecule has 1 saturated heterocycles. The molecule has 3 aromatic rings. The first-order valence-corrected chi connectivity index (χ1v) is 14.0. The average molecular weight is 621 g/mol. The zero-order valence-corrected chi connectivity index (χ0v) is 24.3. The van der Waals surface area contributed by atoms with Crippen LogP contribution in [0.5, 0.6) is 0 Å². The molecule has 2 aromatic carbocycles. The minimum Gasteiger partial charge on any atom is -0.478 e. The number of hydrogen-bond donors (Lipinski definition) is 2. The number of benzene rings is 2. The number of alkyl halides is 1. The molecule has 3 heterocycles. The van der Waals surface area contributed by atoms with Crippen LogP contribution in [0.3, 0.4) is 0 Å². The zero-order valence-electron chi connectivity index (χ0n) is 22.8. The predicted molar refractivity (Wildman–Crippen MR) is 150 cm³/mol. The maximum atomic E-state index is 16.4. The SMILES string of the molecule is CCC(O)(c1cc(F)c2c(c1)C(=O)N(Cc1ncc(Cl)cc1C(=O)O)[C@@]2(OC)c1ccc(Cl)cc1)C1(F)CCOCC1. The highest BCUT2D eigenvalue weighted by atomic mass is 35.5. The number of ether oxygens (including phenoxy) is 2. The summed E-state index contributed by atoms with van der Waals surface area (Å²) in [6.07, 6.45) is 0.928. The lowest BCUT2D eigenvalue weighted by molar-refractivity contribution is -0.155. The Bertz CT molecular complexity index is 1550. The lowest BCUT2D eigenvalue weighted by atomic mass is 9.72. The summed E-state index contributed by atoms with van der Waals surface area (Å²) in [7, 11) is 1.28. The number of carbonyl (C=O) groups excluding carboxylic acids is 1. The van der Waals surface area contributed by atoms with Gasteiger partial charge in [-0.25, -0.2) is 13.6 Å². The van der Waals surface area contributed by atoms with E-state index in [0.29, 0.717) is 10.6 Å². The zero-order chi connectivity index (χ0) is 30.4. The summed E-state index contributed by atoms with van der Waals surface area (Å²) >= 11 is 12.1. The molecule has 2 aliphatic heterocycles. The summed E-state index contributed by atoms with van der Waals surface area (Å²) in [5.41, 5.74) is -6.56. The normalized spacial score (nSPS) is 21.2. The fourth-order valence-corrected chi connectivity index (χ4v) is 6.37. The highest BCUT2D eigenvalue weighted by Crippen LogP contribution is 2.51. The van der Waals surface area contributed by atoms with Crippen molar-refractivity contribution in [3.63, 3.8) is 0 Å². The van der Waals surface area contributed by atoms with E-state index in [2.05, 4.69) is 4.98 Å². The Morgan fingerprint density at radius 1 is 1.17 bits per heavy atom. The Balaban J connectivity index is 1.73. The number of aromatic carboxylic acids is 1. The lowest BCUT2D eigenvalue weighted by Gasteiger charge is -2.44. The topological polar surface area (TPSA) is 109 Å². The molecule has 222 valence electrons. The Kier molecular flexibility index (Phi) is 8.06. The van der Waals surface area contributed by atoms with Gasteiger partial charge in [0.25, 0.3) is 5.91 Å². The fourth-order valence-electron chi connectivity index (χ4n) is 6.09. The molecule has 0 radical (unpaired) electrons. The van der Waals surface area contributed by atoms with Crippen LogP contribution in [0.4, 0.5) is 8.78 Å². The standard InChI is InChI=1S/C30H28Cl2F2N2O6/c1-3-29(40,28(34)8-10-42-11-9-28)18-12-22-25(23(33)13-18)30(41-2,17-4-6-19(31)7-5-17)36(26(22)37)16-24-21(27(38)39)14-20(32)15-35-24/h4-7,12-15,40H,3,8-11,16H2,1-2H3,(H,38,39)/t29?,30-/m1/s1. The molecule has 5 rings (SSSR count). The molecule has 42 heavy (non-hydrogen) atoms. The minimum atomic E-state index is -2.12. The van der Waals surface area contributed by atoms with Gasteiger partial charge in [-0.2, -0.15) is 0 Å². The van der Waals surface area contributed by atoms with Gasteiger partial charge in [0.1, 0.15) is 17.1 Å². The van der Waals surface area contributed by atoms with E-state index in [4.69, 9.17) is 32.7 Å². The number of carboxylic acid groups (broad SMARTS) is 1. The summed E-state index contributed by atoms with van der Waals surface area (Å²) < 4.78 is 44.0. The van der Waals surface area contributed by atoms with Crippen molar-refractivity contribution in [1.82, 2.24) is 9.88 Å². The third kappa shape index (κ3) is 4.66. The maximum Gasteiger partial charge on any atom is 0.337 e. The molecule has 0 aliphatic carbocycles. The number of aliphatic hydroxyl groups is 1. The van der Waals surface area contributed by atoms with Crippen molar-refractivity contribution in [3.8, 4) is 0 Å². The van der Waals surface area contributed by atoms with Gasteiger partial charge in [-0.3, -0.25) is 14.7 Å². The van der Waals surface area contributed by atoms with E-state index in [1.54, 1.807) is 31.2 Å². The van der Waals surface area contributed by atoms with Gasteiger partial charge in [0.15, 0.2) is 5.72 Å². The quantitative estimate of drug-likeness (QED) is 0.325. The monoisotopic (exact) mass is 620 g/mol. The molecule has 0 spiro atoms. The molecule has 0 bridgehead atoms. The summed E-state index contributed by atoms with van der Waals surface area (Å²) in [4.78, 5) is 31.5. The molecule has 2 atom stereocenters. The number of amides is 1. The van der Waals surface area contributed by atoms with Gasteiger partial charge in [0.2, 0.25) is 0 Å². The van der Waals surface area contributed by atoms with Gasteiger partial charge in [-0.05, 0) is 42.3 Å². The third-order valence-electron chi connectivity index (χ3n) is 8.31. The first kappa shape index (κ1) is 30.3. The lowest BCUT2D eigenvalue weighted by Crippen LogP contribution is -2.51. The van der Waals surface area contributed by atoms with Crippen LogP contribution in [-0.2, 0) is 27.3 Å². The highest BCUT2D eigenvalue weighted by Gasteiger charge is 2.57. The van der Waals surface area contributed by atoms with Gasteiger partial charge >= 0.3 is 5.97 Å². The van der Waals surface area contributed by atoms with Gasteiger partial charge in [-0.1, -0.05) is 42.3 Å². The van der Waals surface area contributed by atoms with Crippen molar-refractivity contribution in [1.29, 1.82) is 0 Å². The molecular weight excluding hydrogens is 593 g/mol. The highest BCUT2D eigenvalue weighted by molar-refractivity contribution is 6.31. The summed E-state index contributed by atoms with van der Waals surface area (Å²) in [5.74, 6) is -2.99. The number of rotatable bonds is 8. The molecule has 0 saturated carbocycles. The smallest absolute Gasteiger partial charge is 0.337 e. The average Bonchev–Trinajstić information content (AvgIpc) is 3.22. The predicted octanol–water partition coefficient (Wildman–Crippen LogP) is 5.85. The van der Waals surface area contributed by atoms with E-state index in [1.165, 1.54) is 25.4 Å². The largest absolute Gasteiger partial charge is 0.478 e. The second-order valence-corrected chi connectivity index (χ2v) is 11.2. The summed E-state index contributed by atoms with van der Waals surface area (Å²) in [6, 6.07) is 9.72. The number of halogens is 4. The molecular formula is C30H28Cl2F2N2O6. The van der Waals surface area contributed by atoms with E-state index < -0.39 is 41.2 Å². The second kappa shape index (κ2) is 11.2.